The molecule has 2 aliphatic heterocycles. The zero-order valence-electron chi connectivity index (χ0n) is 10.7. The Hall–Kier alpha value is -1.59. The molecule has 2 saturated heterocycles. The lowest BCUT2D eigenvalue weighted by Crippen LogP contribution is -2.56. The molecule has 0 unspecified atom stereocenters. The van der Waals surface area contributed by atoms with E-state index in [0.29, 0.717) is 19.6 Å². The molecule has 2 rings (SSSR count). The summed E-state index contributed by atoms with van der Waals surface area (Å²) in [6.45, 7) is 4.95. The van der Waals surface area contributed by atoms with Gasteiger partial charge in [-0.1, -0.05) is 0 Å². The van der Waals surface area contributed by atoms with Gasteiger partial charge in [-0.25, -0.2) is 0 Å². The van der Waals surface area contributed by atoms with Crippen molar-refractivity contribution in [2.24, 2.45) is 0 Å². The summed E-state index contributed by atoms with van der Waals surface area (Å²) < 4.78 is 0. The van der Waals surface area contributed by atoms with Gasteiger partial charge in [-0.15, -0.1) is 0 Å². The third-order valence-electron chi connectivity index (χ3n) is 3.56. The Morgan fingerprint density at radius 3 is 2.17 bits per heavy atom. The van der Waals surface area contributed by atoms with Crippen molar-refractivity contribution in [3.05, 3.63) is 0 Å². The minimum Gasteiger partial charge on any atom is -0.341 e. The predicted octanol–water partition coefficient (Wildman–Crippen LogP) is -0.700. The van der Waals surface area contributed by atoms with Crippen LogP contribution in [0.3, 0.4) is 0 Å². The van der Waals surface area contributed by atoms with E-state index in [9.17, 15) is 14.4 Å². The SMILES string of the molecule is CCN1CCN(CC(=O)N2CCCC2)C(=O)C1=O. The first-order chi connectivity index (χ1) is 8.63. The van der Waals surface area contributed by atoms with Crippen molar-refractivity contribution >= 4 is 17.7 Å². The number of amides is 3. The fourth-order valence-corrected chi connectivity index (χ4v) is 2.40. The summed E-state index contributed by atoms with van der Waals surface area (Å²) in [5, 5.41) is 0. The summed E-state index contributed by atoms with van der Waals surface area (Å²) in [7, 11) is 0. The van der Waals surface area contributed by atoms with Crippen LogP contribution in [-0.4, -0.2) is 71.7 Å². The van der Waals surface area contributed by atoms with Crippen LogP contribution in [0.15, 0.2) is 0 Å². The number of nitrogens with zero attached hydrogens (tertiary/aromatic N) is 3. The van der Waals surface area contributed by atoms with Gasteiger partial charge in [0.25, 0.3) is 0 Å². The second-order valence-electron chi connectivity index (χ2n) is 4.70. The lowest BCUT2D eigenvalue weighted by Gasteiger charge is -2.33. The summed E-state index contributed by atoms with van der Waals surface area (Å²) in [5.41, 5.74) is 0. The molecule has 0 N–H and O–H groups in total. The van der Waals surface area contributed by atoms with Crippen molar-refractivity contribution in [3.8, 4) is 0 Å². The van der Waals surface area contributed by atoms with Crippen LogP contribution >= 0.6 is 0 Å². The minimum absolute atomic E-state index is 0.0430. The van der Waals surface area contributed by atoms with Gasteiger partial charge in [-0.05, 0) is 19.8 Å². The Labute approximate surface area is 107 Å². The van der Waals surface area contributed by atoms with Crippen LogP contribution in [0.1, 0.15) is 19.8 Å². The molecule has 0 aromatic carbocycles. The van der Waals surface area contributed by atoms with Gasteiger partial charge in [0.2, 0.25) is 5.91 Å². The van der Waals surface area contributed by atoms with E-state index in [1.807, 2.05) is 6.92 Å². The van der Waals surface area contributed by atoms with Crippen LogP contribution in [0.25, 0.3) is 0 Å². The molecule has 2 heterocycles. The topological polar surface area (TPSA) is 60.9 Å². The number of hydrogen-bond donors (Lipinski definition) is 0. The molecule has 2 aliphatic rings. The molecule has 18 heavy (non-hydrogen) atoms. The van der Waals surface area contributed by atoms with Gasteiger partial charge in [0, 0.05) is 32.7 Å². The number of carbonyl (C=O) groups excluding carboxylic acids is 3. The number of likely N-dealkylation sites (N-methyl/N-ethyl adjacent to an activating group) is 1. The molecular formula is C12H19N3O3. The van der Waals surface area contributed by atoms with Gasteiger partial charge < -0.3 is 14.7 Å². The Bertz CT molecular complexity index is 364. The zero-order chi connectivity index (χ0) is 13.1. The number of carbonyl (C=O) groups is 3. The summed E-state index contributed by atoms with van der Waals surface area (Å²) in [6.07, 6.45) is 2.06. The number of hydrogen-bond acceptors (Lipinski definition) is 3. The highest BCUT2D eigenvalue weighted by molar-refractivity contribution is 6.35. The Morgan fingerprint density at radius 2 is 1.56 bits per heavy atom. The first kappa shape index (κ1) is 12.9. The van der Waals surface area contributed by atoms with E-state index >= 15 is 0 Å². The van der Waals surface area contributed by atoms with Crippen molar-refractivity contribution in [1.29, 1.82) is 0 Å². The largest absolute Gasteiger partial charge is 0.341 e. The van der Waals surface area contributed by atoms with Crippen LogP contribution in [-0.2, 0) is 14.4 Å². The summed E-state index contributed by atoms with van der Waals surface area (Å²) >= 11 is 0. The highest BCUT2D eigenvalue weighted by Gasteiger charge is 2.33. The molecule has 2 fully saturated rings. The maximum atomic E-state index is 11.9. The van der Waals surface area contributed by atoms with Gasteiger partial charge in [-0.3, -0.25) is 14.4 Å². The first-order valence-electron chi connectivity index (χ1n) is 6.49. The smallest absolute Gasteiger partial charge is 0.312 e. The average molecular weight is 253 g/mol. The molecular weight excluding hydrogens is 234 g/mol. The second-order valence-corrected chi connectivity index (χ2v) is 4.70. The maximum Gasteiger partial charge on any atom is 0.312 e. The molecule has 3 amide bonds. The van der Waals surface area contributed by atoms with E-state index < -0.39 is 11.8 Å². The molecule has 0 aliphatic carbocycles. The normalized spacial score (nSPS) is 20.8. The van der Waals surface area contributed by atoms with E-state index in [1.165, 1.54) is 9.80 Å². The molecule has 0 aromatic rings. The van der Waals surface area contributed by atoms with E-state index in [-0.39, 0.29) is 12.5 Å². The Balaban J connectivity index is 1.92. The maximum absolute atomic E-state index is 11.9. The molecule has 0 spiro atoms. The van der Waals surface area contributed by atoms with Gasteiger partial charge in [-0.2, -0.15) is 0 Å². The fourth-order valence-electron chi connectivity index (χ4n) is 2.40. The average Bonchev–Trinajstić information content (AvgIpc) is 2.89. The standard InChI is InChI=1S/C12H19N3O3/c1-2-13-7-8-15(12(18)11(13)17)9-10(16)14-5-3-4-6-14/h2-9H2,1H3. The molecule has 100 valence electrons. The molecule has 0 radical (unpaired) electrons. The van der Waals surface area contributed by atoms with E-state index in [4.69, 9.17) is 0 Å². The monoisotopic (exact) mass is 253 g/mol. The van der Waals surface area contributed by atoms with Crippen molar-refractivity contribution in [3.63, 3.8) is 0 Å². The number of rotatable bonds is 3. The molecule has 0 saturated carbocycles. The molecule has 6 heteroatoms. The van der Waals surface area contributed by atoms with Gasteiger partial charge in [0.05, 0.1) is 0 Å². The number of piperazine rings is 1. The van der Waals surface area contributed by atoms with Gasteiger partial charge in [0.1, 0.15) is 6.54 Å². The van der Waals surface area contributed by atoms with Crippen molar-refractivity contribution in [2.75, 3.05) is 39.3 Å². The van der Waals surface area contributed by atoms with Crippen LogP contribution in [0.5, 0.6) is 0 Å². The van der Waals surface area contributed by atoms with Gasteiger partial charge >= 0.3 is 11.8 Å². The summed E-state index contributed by atoms with van der Waals surface area (Å²) in [6, 6.07) is 0. The van der Waals surface area contributed by atoms with E-state index in [2.05, 4.69) is 0 Å². The van der Waals surface area contributed by atoms with Crippen LogP contribution in [0.4, 0.5) is 0 Å². The zero-order valence-corrected chi connectivity index (χ0v) is 10.7. The number of likely N-dealkylation sites (tertiary alicyclic amines) is 1. The molecule has 0 atom stereocenters. The molecule has 0 aromatic heterocycles. The molecule has 0 bridgehead atoms. The summed E-state index contributed by atoms with van der Waals surface area (Å²) in [5.74, 6) is -1.08. The third-order valence-corrected chi connectivity index (χ3v) is 3.56. The van der Waals surface area contributed by atoms with E-state index in [0.717, 1.165) is 25.9 Å². The fraction of sp³-hybridized carbons (Fsp3) is 0.750. The lowest BCUT2D eigenvalue weighted by atomic mass is 10.3. The summed E-state index contributed by atoms with van der Waals surface area (Å²) in [4.78, 5) is 40.1. The third kappa shape index (κ3) is 2.47. The van der Waals surface area contributed by atoms with Gasteiger partial charge in [0.15, 0.2) is 0 Å². The Morgan fingerprint density at radius 1 is 1.00 bits per heavy atom. The van der Waals surface area contributed by atoms with Crippen molar-refractivity contribution in [2.45, 2.75) is 19.8 Å². The quantitative estimate of drug-likeness (QED) is 0.625. The Kier molecular flexibility index (Phi) is 3.84. The molecule has 6 nitrogen and oxygen atoms in total. The second kappa shape index (κ2) is 5.37. The van der Waals surface area contributed by atoms with Crippen LogP contribution in [0, 0.1) is 0 Å². The predicted molar refractivity (Wildman–Crippen MR) is 64.6 cm³/mol. The minimum atomic E-state index is -0.546. The highest BCUT2D eigenvalue weighted by Crippen LogP contribution is 2.10. The van der Waals surface area contributed by atoms with Crippen LogP contribution < -0.4 is 0 Å². The first-order valence-corrected chi connectivity index (χ1v) is 6.49. The van der Waals surface area contributed by atoms with Crippen LogP contribution in [0.2, 0.25) is 0 Å². The van der Waals surface area contributed by atoms with Crippen molar-refractivity contribution < 1.29 is 14.4 Å². The lowest BCUT2D eigenvalue weighted by molar-refractivity contribution is -0.157. The highest BCUT2D eigenvalue weighted by atomic mass is 16.2. The van der Waals surface area contributed by atoms with E-state index in [1.54, 1.807) is 4.90 Å². The van der Waals surface area contributed by atoms with Crippen molar-refractivity contribution in [1.82, 2.24) is 14.7 Å².